The third-order valence-corrected chi connectivity index (χ3v) is 16.2. The van der Waals surface area contributed by atoms with Crippen molar-refractivity contribution in [3.63, 3.8) is 0 Å². The lowest BCUT2D eigenvalue weighted by molar-refractivity contribution is -0.347. The van der Waals surface area contributed by atoms with Gasteiger partial charge in [0.2, 0.25) is 5.79 Å². The summed E-state index contributed by atoms with van der Waals surface area (Å²) in [6.07, 6.45) is -4.43. The second-order valence-corrected chi connectivity index (χ2v) is 20.4. The van der Waals surface area contributed by atoms with Crippen LogP contribution in [0, 0.1) is 23.2 Å². The Morgan fingerprint density at radius 3 is 1.88 bits per heavy atom. The Bertz CT molecular complexity index is 1720. The maximum Gasteiger partial charge on any atom is 0.309 e. The summed E-state index contributed by atoms with van der Waals surface area (Å²) in [6.45, 7) is 11.6. The quantitative estimate of drug-likeness (QED) is 0.183. The number of rotatable bonds is 10. The number of aliphatic hydroxyl groups excluding tert-OH is 4. The summed E-state index contributed by atoms with van der Waals surface area (Å²) in [5.41, 5.74) is 1.84. The average Bonchev–Trinajstić information content (AvgIpc) is 3.77. The van der Waals surface area contributed by atoms with Crippen molar-refractivity contribution in [2.45, 2.75) is 222 Å². The number of aliphatic hydroxyl groups is 4. The fourth-order valence-corrected chi connectivity index (χ4v) is 12.5. The summed E-state index contributed by atoms with van der Waals surface area (Å²) in [5.74, 6) is -1.50. The van der Waals surface area contributed by atoms with Gasteiger partial charge in [-0.15, -0.1) is 0 Å². The van der Waals surface area contributed by atoms with E-state index in [0.29, 0.717) is 38.7 Å². The predicted molar refractivity (Wildman–Crippen MR) is 224 cm³/mol. The summed E-state index contributed by atoms with van der Waals surface area (Å²) in [4.78, 5) is 13.8. The molecule has 65 heavy (non-hydrogen) atoms. The van der Waals surface area contributed by atoms with Gasteiger partial charge in [-0.2, -0.15) is 0 Å². The molecule has 2 aliphatic carbocycles. The molecular formula is C47H72O18. The van der Waals surface area contributed by atoms with E-state index in [1.807, 2.05) is 27.7 Å². The van der Waals surface area contributed by atoms with Crippen molar-refractivity contribution in [1.82, 2.24) is 0 Å². The Morgan fingerprint density at radius 2 is 1.26 bits per heavy atom. The van der Waals surface area contributed by atoms with Crippen LogP contribution in [0.25, 0.3) is 0 Å². The first-order valence-corrected chi connectivity index (χ1v) is 23.9. The van der Waals surface area contributed by atoms with E-state index in [1.165, 1.54) is 5.57 Å². The van der Waals surface area contributed by atoms with Gasteiger partial charge in [0.15, 0.2) is 25.2 Å². The Balaban J connectivity index is 0.767. The Labute approximate surface area is 381 Å². The van der Waals surface area contributed by atoms with Gasteiger partial charge < -0.3 is 82.0 Å². The van der Waals surface area contributed by atoms with Gasteiger partial charge in [0.1, 0.15) is 30.5 Å². The molecule has 7 aliphatic heterocycles. The van der Waals surface area contributed by atoms with E-state index < -0.39 is 122 Å². The zero-order valence-corrected chi connectivity index (χ0v) is 38.9. The minimum absolute atomic E-state index is 0.0333. The van der Waals surface area contributed by atoms with Gasteiger partial charge >= 0.3 is 5.97 Å². The Morgan fingerprint density at radius 1 is 0.692 bits per heavy atom. The molecule has 4 N–H and O–H groups in total. The molecule has 0 amide bonds. The average molecular weight is 925 g/mol. The molecule has 0 bridgehead atoms. The monoisotopic (exact) mass is 924 g/mol. The van der Waals surface area contributed by atoms with E-state index in [0.717, 1.165) is 18.4 Å². The van der Waals surface area contributed by atoms with E-state index >= 15 is 0 Å². The minimum atomic E-state index is -0.985. The normalized spacial score (nSPS) is 52.3. The third kappa shape index (κ3) is 9.34. The highest BCUT2D eigenvalue weighted by atomic mass is 16.8. The van der Waals surface area contributed by atoms with Gasteiger partial charge in [0, 0.05) is 46.8 Å². The van der Waals surface area contributed by atoms with Crippen LogP contribution in [0.5, 0.6) is 0 Å². The molecule has 7 fully saturated rings. The molecule has 0 spiro atoms. The number of allylic oxidation sites excluding steroid dienone is 1. The number of ether oxygens (including phenoxy) is 13. The summed E-state index contributed by atoms with van der Waals surface area (Å²) in [5, 5.41) is 43.6. The molecule has 0 aromatic carbocycles. The molecular weight excluding hydrogens is 852 g/mol. The van der Waals surface area contributed by atoms with E-state index in [2.05, 4.69) is 13.0 Å². The highest BCUT2D eigenvalue weighted by Crippen LogP contribution is 2.57. The second kappa shape index (κ2) is 19.2. The molecule has 0 aromatic rings. The molecule has 0 aromatic heterocycles. The summed E-state index contributed by atoms with van der Waals surface area (Å²) >= 11 is 0. The smallest absolute Gasteiger partial charge is 0.309 e. The molecule has 0 radical (unpaired) electrons. The van der Waals surface area contributed by atoms with Gasteiger partial charge in [-0.05, 0) is 76.7 Å². The number of methoxy groups -OCH3 is 2. The lowest BCUT2D eigenvalue weighted by Gasteiger charge is -2.52. The van der Waals surface area contributed by atoms with Crippen LogP contribution in [0.1, 0.15) is 99.3 Å². The predicted octanol–water partition coefficient (Wildman–Crippen LogP) is 2.89. The van der Waals surface area contributed by atoms with Crippen molar-refractivity contribution in [2.75, 3.05) is 20.8 Å². The fourth-order valence-electron chi connectivity index (χ4n) is 12.5. The largest absolute Gasteiger partial charge is 0.469 e. The van der Waals surface area contributed by atoms with Crippen LogP contribution in [0.2, 0.25) is 0 Å². The van der Waals surface area contributed by atoms with Crippen molar-refractivity contribution in [2.24, 2.45) is 23.2 Å². The number of carbonyl (C=O) groups excluding carboxylic acids is 1. The SMILES string of the molecule is CO[C@H]1C[C@H](O[C@H]2[C@@H](O)C[C@H](O[C@@H]3CC4=CC[C@H]5C(=O)O[C@@H]6CO[C@]7(C)OC=C(CC[C@@H]5[C@@]4(C)C[C@H]3O)[C@H]67)O[C@@H]2C)O[C@@H](C)[C@H]1O[C@H]1C[C@H](OC)[C@H](O[C@H]2C[C@H](O)[C@H](O)[C@@H](C)O2)[C@@H](C)O1. The summed E-state index contributed by atoms with van der Waals surface area (Å²) in [6, 6.07) is 0. The summed E-state index contributed by atoms with van der Waals surface area (Å²) in [7, 11) is 3.20. The minimum Gasteiger partial charge on any atom is -0.469 e. The van der Waals surface area contributed by atoms with Gasteiger partial charge in [0.05, 0.1) is 85.7 Å². The van der Waals surface area contributed by atoms with E-state index in [4.69, 9.17) is 61.6 Å². The van der Waals surface area contributed by atoms with Crippen LogP contribution in [-0.2, 0) is 66.4 Å². The van der Waals surface area contributed by atoms with Gasteiger partial charge in [-0.25, -0.2) is 0 Å². The molecule has 0 unspecified atom stereocenters. The first-order chi connectivity index (χ1) is 31.0. The van der Waals surface area contributed by atoms with Crippen LogP contribution in [-0.4, -0.2) is 170 Å². The van der Waals surface area contributed by atoms with E-state index in [-0.39, 0.29) is 42.7 Å². The zero-order chi connectivity index (χ0) is 46.1. The maximum atomic E-state index is 13.8. The number of hydrogen-bond acceptors (Lipinski definition) is 18. The number of hydrogen-bond donors (Lipinski definition) is 4. The van der Waals surface area contributed by atoms with Crippen LogP contribution in [0.15, 0.2) is 23.5 Å². The molecule has 9 aliphatic rings. The number of esters is 1. The fraction of sp³-hybridized carbons (Fsp3) is 0.894. The van der Waals surface area contributed by atoms with Gasteiger partial charge in [0.25, 0.3) is 0 Å². The highest BCUT2D eigenvalue weighted by Gasteiger charge is 2.59. The van der Waals surface area contributed by atoms with Crippen molar-refractivity contribution < 1.29 is 86.8 Å². The molecule has 1 saturated carbocycles. The standard InChI is InChI=1S/C47H72O18/c1-21-41(51)29(48)14-37(57-21)64-43-23(3)60-39(17-34(43)54-8)65-44-24(4)59-38(16-33(44)53-7)63-42-22(2)58-36(15-30(42)49)61-32-13-26-10-11-27-28(46(26,5)18-31(32)50)12-9-25-19-55-47(6)40(25)35(20-56-47)62-45(27)52/h10,19,21-24,27-44,48-51H,9,11-18,20H2,1-8H3/t21-,22-,23-,24+,27-,28+,29+,30+,31-,32-,33+,34+,35-,36+,37+,38+,39+,40-,41-,42-,43-,44-,46+,47+/m1/s1. The molecule has 24 atom stereocenters. The van der Waals surface area contributed by atoms with Gasteiger partial charge in [-0.3, -0.25) is 4.79 Å². The van der Waals surface area contributed by atoms with E-state index in [1.54, 1.807) is 27.4 Å². The van der Waals surface area contributed by atoms with Crippen molar-refractivity contribution >= 4 is 5.97 Å². The van der Waals surface area contributed by atoms with Crippen molar-refractivity contribution in [3.05, 3.63) is 23.5 Å². The number of fused-ring (bicyclic) bond motifs is 3. The molecule has 18 nitrogen and oxygen atoms in total. The highest BCUT2D eigenvalue weighted by molar-refractivity contribution is 5.74. The molecule has 368 valence electrons. The Kier molecular flexibility index (Phi) is 14.2. The van der Waals surface area contributed by atoms with Crippen LogP contribution in [0.4, 0.5) is 0 Å². The molecule has 18 heteroatoms. The molecule has 7 heterocycles. The van der Waals surface area contributed by atoms with Gasteiger partial charge in [-0.1, -0.05) is 18.6 Å². The van der Waals surface area contributed by atoms with Crippen molar-refractivity contribution in [1.29, 1.82) is 0 Å². The zero-order valence-electron chi connectivity index (χ0n) is 38.9. The topological polar surface area (TPSA) is 218 Å². The third-order valence-electron chi connectivity index (χ3n) is 16.2. The number of carbonyl (C=O) groups is 1. The van der Waals surface area contributed by atoms with Crippen LogP contribution in [0.3, 0.4) is 0 Å². The second-order valence-electron chi connectivity index (χ2n) is 20.4. The Hall–Kier alpha value is -1.85. The van der Waals surface area contributed by atoms with E-state index in [9.17, 15) is 25.2 Å². The van der Waals surface area contributed by atoms with Crippen molar-refractivity contribution in [3.8, 4) is 0 Å². The van der Waals surface area contributed by atoms with Crippen LogP contribution >= 0.6 is 0 Å². The first-order valence-electron chi connectivity index (χ1n) is 23.9. The van der Waals surface area contributed by atoms with Crippen LogP contribution < -0.4 is 0 Å². The molecule has 6 saturated heterocycles. The lowest BCUT2D eigenvalue weighted by Crippen LogP contribution is -2.58. The maximum absolute atomic E-state index is 13.8. The first kappa shape index (κ1) is 48.2. The molecule has 9 rings (SSSR count). The summed E-state index contributed by atoms with van der Waals surface area (Å²) < 4.78 is 80.2. The lowest BCUT2D eigenvalue weighted by atomic mass is 9.55.